The van der Waals surface area contributed by atoms with Crippen LogP contribution in [0.2, 0.25) is 0 Å². The molecule has 7 nitrogen and oxygen atoms in total. The maximum atomic E-state index is 13.5. The lowest BCUT2D eigenvalue weighted by molar-refractivity contribution is 0.282. The predicted octanol–water partition coefficient (Wildman–Crippen LogP) is 7.31. The zero-order chi connectivity index (χ0) is 27.4. The van der Waals surface area contributed by atoms with E-state index in [0.29, 0.717) is 48.3 Å². The van der Waals surface area contributed by atoms with E-state index in [0.717, 1.165) is 31.2 Å². The molecule has 0 atom stereocenters. The first-order valence-electron chi connectivity index (χ1n) is 12.7. The van der Waals surface area contributed by atoms with Crippen LogP contribution in [0, 0.1) is 11.3 Å². The summed E-state index contributed by atoms with van der Waals surface area (Å²) < 4.78 is 14.5. The maximum Gasteiger partial charge on any atom is 0.282 e. The van der Waals surface area contributed by atoms with Crippen LogP contribution in [0.25, 0.3) is 10.9 Å². The number of nitrogens with zero attached hydrogens (tertiary/aromatic N) is 4. The fraction of sp³-hybridized carbons (Fsp3) is 0.267. The van der Waals surface area contributed by atoms with Gasteiger partial charge in [-0.05, 0) is 69.0 Å². The van der Waals surface area contributed by atoms with Crippen LogP contribution in [0.1, 0.15) is 60.5 Å². The number of benzene rings is 3. The fourth-order valence-corrected chi connectivity index (χ4v) is 5.82. The highest BCUT2D eigenvalue weighted by atomic mass is 79.9. The van der Waals surface area contributed by atoms with E-state index >= 15 is 0 Å². The summed E-state index contributed by atoms with van der Waals surface area (Å²) in [5.41, 5.74) is 2.53. The maximum absolute atomic E-state index is 13.5. The summed E-state index contributed by atoms with van der Waals surface area (Å²) in [5.74, 6) is 1.86. The highest BCUT2D eigenvalue weighted by Crippen LogP contribution is 2.43. The minimum absolute atomic E-state index is 0.185. The van der Waals surface area contributed by atoms with Crippen LogP contribution in [0.3, 0.4) is 0 Å². The molecule has 0 spiro atoms. The molecule has 1 fully saturated rings. The number of aromatic nitrogens is 2. The number of methoxy groups -OCH3 is 1. The molecular weight excluding hydrogens is 624 g/mol. The summed E-state index contributed by atoms with van der Waals surface area (Å²) >= 11 is 7.27. The van der Waals surface area contributed by atoms with Gasteiger partial charge in [-0.25, -0.2) is 4.98 Å². The van der Waals surface area contributed by atoms with Gasteiger partial charge in [0, 0.05) is 21.5 Å². The summed E-state index contributed by atoms with van der Waals surface area (Å²) in [4.78, 5) is 18.4. The molecule has 198 valence electrons. The van der Waals surface area contributed by atoms with Crippen LogP contribution >= 0.6 is 31.9 Å². The summed E-state index contributed by atoms with van der Waals surface area (Å²) in [7, 11) is 1.56. The van der Waals surface area contributed by atoms with Crippen molar-refractivity contribution in [2.24, 2.45) is 5.10 Å². The minimum Gasteiger partial charge on any atom is -0.493 e. The molecule has 1 aliphatic carbocycles. The first-order valence-corrected chi connectivity index (χ1v) is 14.3. The second-order valence-corrected chi connectivity index (χ2v) is 11.0. The van der Waals surface area contributed by atoms with Gasteiger partial charge in [-0.15, -0.1) is 0 Å². The highest BCUT2D eigenvalue weighted by molar-refractivity contribution is 9.13. The molecule has 3 aromatic carbocycles. The van der Waals surface area contributed by atoms with Gasteiger partial charge in [0.05, 0.1) is 40.3 Å². The molecule has 0 N–H and O–H groups in total. The molecule has 1 saturated carbocycles. The molecule has 0 unspecified atom stereocenters. The zero-order valence-corrected chi connectivity index (χ0v) is 24.5. The molecule has 4 aromatic rings. The van der Waals surface area contributed by atoms with Crippen LogP contribution in [-0.4, -0.2) is 23.0 Å². The van der Waals surface area contributed by atoms with Crippen LogP contribution in [0.15, 0.2) is 73.4 Å². The number of ether oxygens (including phenoxy) is 2. The van der Waals surface area contributed by atoms with Crippen molar-refractivity contribution in [3.8, 4) is 17.6 Å². The normalized spacial score (nSPS) is 14.0. The zero-order valence-electron chi connectivity index (χ0n) is 21.4. The second kappa shape index (κ2) is 12.1. The molecule has 0 aliphatic heterocycles. The van der Waals surface area contributed by atoms with E-state index in [4.69, 9.17) is 14.5 Å². The van der Waals surface area contributed by atoms with E-state index < -0.39 is 0 Å². The minimum atomic E-state index is -0.185. The Kier molecular flexibility index (Phi) is 8.44. The summed E-state index contributed by atoms with van der Waals surface area (Å²) in [6, 6.07) is 18.7. The summed E-state index contributed by atoms with van der Waals surface area (Å²) in [6.45, 7) is 0.196. The Morgan fingerprint density at radius 3 is 2.62 bits per heavy atom. The number of fused-ring (bicyclic) bond motifs is 1. The van der Waals surface area contributed by atoms with Crippen molar-refractivity contribution in [1.82, 2.24) is 9.66 Å². The van der Waals surface area contributed by atoms with Crippen molar-refractivity contribution >= 4 is 49.0 Å². The molecule has 0 bridgehead atoms. The van der Waals surface area contributed by atoms with Crippen molar-refractivity contribution in [1.29, 1.82) is 5.26 Å². The number of halogens is 2. The molecule has 39 heavy (non-hydrogen) atoms. The van der Waals surface area contributed by atoms with Crippen LogP contribution < -0.4 is 15.0 Å². The Balaban J connectivity index is 1.52. The van der Waals surface area contributed by atoms with E-state index in [-0.39, 0.29) is 18.1 Å². The van der Waals surface area contributed by atoms with Gasteiger partial charge >= 0.3 is 0 Å². The molecule has 0 radical (unpaired) electrons. The summed E-state index contributed by atoms with van der Waals surface area (Å²) in [6.07, 6.45) is 7.06. The number of hydrogen-bond acceptors (Lipinski definition) is 6. The monoisotopic (exact) mass is 648 g/mol. The molecule has 1 aliphatic rings. The largest absolute Gasteiger partial charge is 0.493 e. The number of rotatable bonds is 7. The molecule has 0 saturated heterocycles. The SMILES string of the molecule is COc1cc(C=Nn2c(C3CCCCC3)nc3ccccc3c2=O)c(Br)c(Br)c1OCc1ccccc1C#N. The van der Waals surface area contributed by atoms with Crippen LogP contribution in [0.5, 0.6) is 11.5 Å². The van der Waals surface area contributed by atoms with Gasteiger partial charge in [0.25, 0.3) is 5.56 Å². The quantitative estimate of drug-likeness (QED) is 0.196. The Morgan fingerprint density at radius 1 is 1.10 bits per heavy atom. The van der Waals surface area contributed by atoms with Gasteiger partial charge in [-0.1, -0.05) is 49.6 Å². The molecule has 5 rings (SSSR count). The standard InChI is InChI=1S/C30H26Br2N4O3/c1-38-25-15-22(26(31)27(32)28(25)39-18-21-12-6-5-11-20(21)16-33)17-34-36-29(19-9-3-2-4-10-19)35-24-14-8-7-13-23(24)30(36)37/h5-8,11-15,17,19H,2-4,9-10,18H2,1H3. The van der Waals surface area contributed by atoms with E-state index in [1.54, 1.807) is 31.5 Å². The number of nitriles is 1. The second-order valence-electron chi connectivity index (χ2n) is 9.37. The fourth-order valence-electron chi connectivity index (χ4n) is 4.89. The van der Waals surface area contributed by atoms with Gasteiger partial charge in [-0.2, -0.15) is 15.0 Å². The smallest absolute Gasteiger partial charge is 0.282 e. The Hall–Kier alpha value is -3.48. The third kappa shape index (κ3) is 5.63. The van der Waals surface area contributed by atoms with Gasteiger partial charge in [-0.3, -0.25) is 4.79 Å². The van der Waals surface area contributed by atoms with Crippen molar-refractivity contribution in [3.63, 3.8) is 0 Å². The lowest BCUT2D eigenvalue weighted by atomic mass is 9.88. The van der Waals surface area contributed by atoms with E-state index in [1.165, 1.54) is 11.1 Å². The van der Waals surface area contributed by atoms with Gasteiger partial charge in [0.15, 0.2) is 11.5 Å². The van der Waals surface area contributed by atoms with Gasteiger partial charge < -0.3 is 9.47 Å². The lowest BCUT2D eigenvalue weighted by Gasteiger charge is -2.22. The third-order valence-corrected chi connectivity index (χ3v) is 9.09. The van der Waals surface area contributed by atoms with E-state index in [1.807, 2.05) is 36.4 Å². The Bertz CT molecular complexity index is 1650. The molecule has 1 heterocycles. The first-order chi connectivity index (χ1) is 19.0. The lowest BCUT2D eigenvalue weighted by Crippen LogP contribution is -2.25. The van der Waals surface area contributed by atoms with Gasteiger partial charge in [0.1, 0.15) is 12.4 Å². The molecular formula is C30H26Br2N4O3. The van der Waals surface area contributed by atoms with E-state index in [9.17, 15) is 10.1 Å². The third-order valence-electron chi connectivity index (χ3n) is 6.95. The Labute approximate surface area is 243 Å². The van der Waals surface area contributed by atoms with Crippen molar-refractivity contribution in [2.45, 2.75) is 44.6 Å². The highest BCUT2D eigenvalue weighted by Gasteiger charge is 2.23. The average Bonchev–Trinajstić information content (AvgIpc) is 2.98. The van der Waals surface area contributed by atoms with Crippen molar-refractivity contribution < 1.29 is 9.47 Å². The van der Waals surface area contributed by atoms with Crippen molar-refractivity contribution in [3.05, 3.63) is 96.4 Å². The predicted molar refractivity (Wildman–Crippen MR) is 159 cm³/mol. The van der Waals surface area contributed by atoms with E-state index in [2.05, 4.69) is 43.0 Å². The first kappa shape index (κ1) is 27.1. The molecule has 9 heteroatoms. The van der Waals surface area contributed by atoms with Crippen LogP contribution in [-0.2, 0) is 6.61 Å². The Morgan fingerprint density at radius 2 is 1.85 bits per heavy atom. The van der Waals surface area contributed by atoms with Gasteiger partial charge in [0.2, 0.25) is 0 Å². The topological polar surface area (TPSA) is 89.5 Å². The average molecular weight is 650 g/mol. The van der Waals surface area contributed by atoms with Crippen LogP contribution in [0.4, 0.5) is 0 Å². The molecule has 1 aromatic heterocycles. The number of para-hydroxylation sites is 1. The number of hydrogen-bond donors (Lipinski definition) is 0. The molecule has 0 amide bonds. The summed E-state index contributed by atoms with van der Waals surface area (Å²) in [5, 5.41) is 14.6. The van der Waals surface area contributed by atoms with Crippen molar-refractivity contribution in [2.75, 3.05) is 7.11 Å².